The number of nitrogens with zero attached hydrogens (tertiary/aromatic N) is 3. The van der Waals surface area contributed by atoms with Crippen molar-refractivity contribution in [1.82, 2.24) is 9.97 Å². The lowest BCUT2D eigenvalue weighted by Gasteiger charge is -2.26. The molecule has 166 valence electrons. The molecule has 4 rings (SSSR count). The van der Waals surface area contributed by atoms with E-state index in [9.17, 15) is 18.7 Å². The number of hydrogen-bond donors (Lipinski definition) is 2. The highest BCUT2D eigenvalue weighted by molar-refractivity contribution is 6.05. The van der Waals surface area contributed by atoms with Gasteiger partial charge in [0.2, 0.25) is 0 Å². The Morgan fingerprint density at radius 3 is 2.78 bits per heavy atom. The maximum atomic E-state index is 14.4. The summed E-state index contributed by atoms with van der Waals surface area (Å²) in [5.74, 6) is -1.49. The van der Waals surface area contributed by atoms with E-state index in [2.05, 4.69) is 15.3 Å². The summed E-state index contributed by atoms with van der Waals surface area (Å²) >= 11 is 0. The summed E-state index contributed by atoms with van der Waals surface area (Å²) in [7, 11) is 1.40. The number of ether oxygens (including phenoxy) is 1. The number of amides is 1. The number of carbonyl (C=O) groups is 1. The van der Waals surface area contributed by atoms with Crippen LogP contribution in [-0.4, -0.2) is 46.8 Å². The zero-order chi connectivity index (χ0) is 22.8. The second-order valence-corrected chi connectivity index (χ2v) is 7.59. The van der Waals surface area contributed by atoms with Crippen LogP contribution in [0.3, 0.4) is 0 Å². The van der Waals surface area contributed by atoms with Crippen molar-refractivity contribution >= 4 is 17.3 Å². The molecule has 0 spiro atoms. The molecule has 1 aliphatic heterocycles. The molecule has 1 fully saturated rings. The number of benzene rings is 2. The molecule has 3 aromatic rings. The Labute approximate surface area is 183 Å². The van der Waals surface area contributed by atoms with Crippen molar-refractivity contribution in [3.8, 4) is 17.1 Å². The second kappa shape index (κ2) is 8.88. The number of nitrogens with one attached hydrogen (secondary N) is 1. The van der Waals surface area contributed by atoms with Gasteiger partial charge in [0.25, 0.3) is 5.91 Å². The van der Waals surface area contributed by atoms with E-state index in [0.717, 1.165) is 0 Å². The summed E-state index contributed by atoms with van der Waals surface area (Å²) < 4.78 is 33.6. The highest BCUT2D eigenvalue weighted by atomic mass is 19.1. The summed E-state index contributed by atoms with van der Waals surface area (Å²) in [6.07, 6.45) is 1.41. The van der Waals surface area contributed by atoms with E-state index in [1.165, 1.54) is 43.6 Å². The zero-order valence-electron chi connectivity index (χ0n) is 17.5. The molecular weight excluding hydrogens is 418 g/mol. The van der Waals surface area contributed by atoms with E-state index >= 15 is 0 Å². The molecule has 2 heterocycles. The molecule has 0 radical (unpaired) electrons. The van der Waals surface area contributed by atoms with E-state index in [1.54, 1.807) is 12.1 Å². The molecule has 0 aliphatic carbocycles. The molecule has 2 atom stereocenters. The first-order chi connectivity index (χ1) is 15.4. The van der Waals surface area contributed by atoms with Crippen LogP contribution in [0.5, 0.6) is 5.75 Å². The monoisotopic (exact) mass is 440 g/mol. The molecule has 1 amide bonds. The number of anilines is 2. The van der Waals surface area contributed by atoms with Crippen molar-refractivity contribution in [2.75, 3.05) is 23.9 Å². The number of aliphatic hydroxyl groups is 1. The Hall–Kier alpha value is -3.59. The summed E-state index contributed by atoms with van der Waals surface area (Å²) in [6, 6.07) is 9.80. The minimum absolute atomic E-state index is 0.0108. The number of hydrogen-bond acceptors (Lipinski definition) is 6. The fraction of sp³-hybridized carbons (Fsp3) is 0.261. The first kappa shape index (κ1) is 21.6. The van der Waals surface area contributed by atoms with Gasteiger partial charge in [0.1, 0.15) is 23.1 Å². The lowest BCUT2D eigenvalue weighted by molar-refractivity contribution is 0.102. The lowest BCUT2D eigenvalue weighted by atomic mass is 10.1. The average Bonchev–Trinajstić information content (AvgIpc) is 3.11. The molecule has 1 unspecified atom stereocenters. The molecule has 2 N–H and O–H groups in total. The van der Waals surface area contributed by atoms with Gasteiger partial charge in [0, 0.05) is 18.8 Å². The minimum atomic E-state index is -0.608. The first-order valence-corrected chi connectivity index (χ1v) is 10.1. The second-order valence-electron chi connectivity index (χ2n) is 7.59. The number of aliphatic hydroxyl groups excluding tert-OH is 1. The molecule has 9 heteroatoms. The predicted molar refractivity (Wildman–Crippen MR) is 116 cm³/mol. The van der Waals surface area contributed by atoms with E-state index < -0.39 is 23.6 Å². The van der Waals surface area contributed by atoms with Gasteiger partial charge in [0.15, 0.2) is 5.82 Å². The third-order valence-electron chi connectivity index (χ3n) is 5.38. The smallest absolute Gasteiger partial charge is 0.274 e. The van der Waals surface area contributed by atoms with Gasteiger partial charge < -0.3 is 20.1 Å². The van der Waals surface area contributed by atoms with Gasteiger partial charge in [0.05, 0.1) is 30.2 Å². The zero-order valence-corrected chi connectivity index (χ0v) is 17.5. The third-order valence-corrected chi connectivity index (χ3v) is 5.38. The molecule has 7 nitrogen and oxygen atoms in total. The maximum Gasteiger partial charge on any atom is 0.274 e. The highest BCUT2D eigenvalue weighted by Crippen LogP contribution is 2.33. The Morgan fingerprint density at radius 2 is 2.06 bits per heavy atom. The van der Waals surface area contributed by atoms with E-state index in [4.69, 9.17) is 4.74 Å². The number of rotatable bonds is 5. The highest BCUT2D eigenvalue weighted by Gasteiger charge is 2.29. The van der Waals surface area contributed by atoms with Gasteiger partial charge in [-0.2, -0.15) is 0 Å². The number of β-amino-alcohol motifs (C(OH)–C–C–N with tert-alkyl or cyclic N) is 1. The van der Waals surface area contributed by atoms with Gasteiger partial charge in [-0.25, -0.2) is 18.7 Å². The van der Waals surface area contributed by atoms with E-state index in [0.29, 0.717) is 18.7 Å². The summed E-state index contributed by atoms with van der Waals surface area (Å²) in [5.41, 5.74) is 0.856. The summed E-state index contributed by atoms with van der Waals surface area (Å²) in [6.45, 7) is 2.32. The quantitative estimate of drug-likeness (QED) is 0.630. The van der Waals surface area contributed by atoms with Crippen LogP contribution in [0.2, 0.25) is 0 Å². The number of aromatic nitrogens is 2. The largest absolute Gasteiger partial charge is 0.496 e. The minimum Gasteiger partial charge on any atom is -0.496 e. The molecule has 32 heavy (non-hydrogen) atoms. The van der Waals surface area contributed by atoms with Crippen LogP contribution in [0, 0.1) is 11.6 Å². The van der Waals surface area contributed by atoms with Crippen LogP contribution in [0.1, 0.15) is 23.8 Å². The molecule has 1 aliphatic rings. The predicted octanol–water partition coefficient (Wildman–Crippen LogP) is 3.64. The summed E-state index contributed by atoms with van der Waals surface area (Å²) in [5, 5.41) is 12.7. The Balaban J connectivity index is 1.65. The van der Waals surface area contributed by atoms with Crippen LogP contribution in [0.15, 0.2) is 48.7 Å². The van der Waals surface area contributed by atoms with Crippen molar-refractivity contribution in [2.45, 2.75) is 25.5 Å². The van der Waals surface area contributed by atoms with E-state index in [1.807, 2.05) is 11.8 Å². The van der Waals surface area contributed by atoms with Crippen LogP contribution in [-0.2, 0) is 0 Å². The first-order valence-electron chi connectivity index (χ1n) is 10.1. The fourth-order valence-electron chi connectivity index (χ4n) is 3.88. The van der Waals surface area contributed by atoms with Crippen molar-refractivity contribution < 1.29 is 23.4 Å². The van der Waals surface area contributed by atoms with Gasteiger partial charge >= 0.3 is 0 Å². The average molecular weight is 440 g/mol. The molecule has 1 saturated heterocycles. The molecule has 0 bridgehead atoms. The third kappa shape index (κ3) is 4.24. The number of halogens is 2. The van der Waals surface area contributed by atoms with Crippen molar-refractivity contribution in [1.29, 1.82) is 0 Å². The Morgan fingerprint density at radius 1 is 1.25 bits per heavy atom. The molecule has 1 aromatic heterocycles. The van der Waals surface area contributed by atoms with Crippen molar-refractivity contribution in [3.63, 3.8) is 0 Å². The Bertz CT molecular complexity index is 1160. The lowest BCUT2D eigenvalue weighted by Crippen LogP contribution is -2.29. The number of methoxy groups -OCH3 is 1. The summed E-state index contributed by atoms with van der Waals surface area (Å²) in [4.78, 5) is 23.1. The SMILES string of the molecule is COc1cccc(F)c1-c1nccc(C(=O)Nc2cc(F)ccc2N2CC(O)C[C@@H]2C)n1. The van der Waals surface area contributed by atoms with Crippen molar-refractivity contribution in [2.24, 2.45) is 0 Å². The standard InChI is InChI=1S/C23H22F2N4O3/c1-13-10-15(30)12-29(13)19-7-6-14(24)11-18(19)28-23(31)17-8-9-26-22(27-17)21-16(25)4-3-5-20(21)32-2/h3-9,11,13,15,30H,10,12H2,1-2H3,(H,28,31)/t13-,15?/m0/s1. The molecule has 0 saturated carbocycles. The van der Waals surface area contributed by atoms with Gasteiger partial charge in [-0.3, -0.25) is 4.79 Å². The van der Waals surface area contributed by atoms with Gasteiger partial charge in [-0.05, 0) is 49.7 Å². The molecule has 2 aromatic carbocycles. The van der Waals surface area contributed by atoms with Gasteiger partial charge in [-0.15, -0.1) is 0 Å². The van der Waals surface area contributed by atoms with Crippen LogP contribution < -0.4 is 15.0 Å². The Kier molecular flexibility index (Phi) is 6.00. The maximum absolute atomic E-state index is 14.4. The molecular formula is C23H22F2N4O3. The number of carbonyl (C=O) groups excluding carboxylic acids is 1. The van der Waals surface area contributed by atoms with Crippen molar-refractivity contribution in [3.05, 3.63) is 66.0 Å². The normalized spacial score (nSPS) is 18.0. The van der Waals surface area contributed by atoms with Gasteiger partial charge in [-0.1, -0.05) is 6.07 Å². The van der Waals surface area contributed by atoms with E-state index in [-0.39, 0.29) is 34.6 Å². The topological polar surface area (TPSA) is 87.6 Å². The van der Waals surface area contributed by atoms with Crippen LogP contribution in [0.4, 0.5) is 20.2 Å². The van der Waals surface area contributed by atoms with Crippen LogP contribution >= 0.6 is 0 Å². The van der Waals surface area contributed by atoms with Crippen LogP contribution in [0.25, 0.3) is 11.4 Å². The fourth-order valence-corrected chi connectivity index (χ4v) is 3.88.